The zero-order valence-corrected chi connectivity index (χ0v) is 44.8. The molecule has 3 aliphatic rings. The summed E-state index contributed by atoms with van der Waals surface area (Å²) in [5.41, 5.74) is 21.8. The lowest BCUT2D eigenvalue weighted by molar-refractivity contribution is 0.794. The minimum atomic E-state index is -2.82. The van der Waals surface area contributed by atoms with E-state index in [1.54, 1.807) is 0 Å². The number of aromatic nitrogens is 1. The van der Waals surface area contributed by atoms with E-state index in [9.17, 15) is 0 Å². The number of rotatable bonds is 7. The van der Waals surface area contributed by atoms with Crippen LogP contribution < -0.4 is 25.6 Å². The molecule has 0 radical (unpaired) electrons. The van der Waals surface area contributed by atoms with Gasteiger partial charge in [-0.2, -0.15) is 0 Å². The van der Waals surface area contributed by atoms with Gasteiger partial charge in [0.1, 0.15) is 0 Å². The van der Waals surface area contributed by atoms with Crippen LogP contribution in [0, 0.1) is 0 Å². The van der Waals surface area contributed by atoms with Crippen molar-refractivity contribution < 1.29 is 0 Å². The van der Waals surface area contributed by atoms with Gasteiger partial charge in [0.25, 0.3) is 0 Å². The van der Waals surface area contributed by atoms with Crippen molar-refractivity contribution in [3.63, 3.8) is 0 Å². The van der Waals surface area contributed by atoms with Crippen LogP contribution in [0.4, 0.5) is 17.1 Å². The normalized spacial score (nSPS) is 14.9. The van der Waals surface area contributed by atoms with Crippen molar-refractivity contribution in [3.05, 3.63) is 326 Å². The number of para-hydroxylation sites is 1. The fourth-order valence-electron chi connectivity index (χ4n) is 14.9. The zero-order chi connectivity index (χ0) is 52.5. The molecule has 372 valence electrons. The Bertz CT molecular complexity index is 4770. The van der Waals surface area contributed by atoms with E-state index in [0.29, 0.717) is 0 Å². The van der Waals surface area contributed by atoms with Crippen molar-refractivity contribution in [2.24, 2.45) is 0 Å². The monoisotopic (exact) mass is 1030 g/mol. The summed E-state index contributed by atoms with van der Waals surface area (Å²) in [5, 5.41) is 10.7. The lowest BCUT2D eigenvalue weighted by Crippen LogP contribution is -2.72. The molecule has 0 saturated heterocycles. The summed E-state index contributed by atoms with van der Waals surface area (Å²) in [6.45, 7) is 0. The molecule has 0 bridgehead atoms. The Balaban J connectivity index is 0.956. The van der Waals surface area contributed by atoms with Gasteiger partial charge >= 0.3 is 0 Å². The van der Waals surface area contributed by atoms with Crippen molar-refractivity contribution in [1.29, 1.82) is 0 Å². The fraction of sp³-hybridized carbons (Fsp3) is 0.0130. The molecule has 80 heavy (non-hydrogen) atoms. The number of anilines is 3. The second kappa shape index (κ2) is 17.2. The lowest BCUT2D eigenvalue weighted by atomic mass is 9.70. The van der Waals surface area contributed by atoms with Gasteiger partial charge < -0.3 is 9.47 Å². The summed E-state index contributed by atoms with van der Waals surface area (Å²) in [7, 11) is -2.82. The molecule has 0 saturated carbocycles. The van der Waals surface area contributed by atoms with Gasteiger partial charge in [0, 0.05) is 33.4 Å². The number of fused-ring (bicyclic) bond motifs is 18. The molecule has 1 unspecified atom stereocenters. The van der Waals surface area contributed by atoms with Crippen molar-refractivity contribution in [1.82, 2.24) is 4.57 Å². The number of nitrogens with zero attached hydrogens (tertiary/aromatic N) is 2. The highest BCUT2D eigenvalue weighted by Crippen LogP contribution is 2.65. The molecule has 1 aliphatic heterocycles. The molecule has 17 rings (SSSR count). The average Bonchev–Trinajstić information content (AvgIpc) is 4.13. The predicted octanol–water partition coefficient (Wildman–Crippen LogP) is 16.8. The van der Waals surface area contributed by atoms with E-state index in [-0.39, 0.29) is 0 Å². The molecule has 1 spiro atoms. The van der Waals surface area contributed by atoms with Crippen LogP contribution in [0.15, 0.2) is 303 Å². The van der Waals surface area contributed by atoms with E-state index in [2.05, 4.69) is 313 Å². The molecule has 0 N–H and O–H groups in total. The first-order valence-corrected chi connectivity index (χ1v) is 29.9. The Kier molecular flexibility index (Phi) is 9.69. The second-order valence-corrected chi connectivity index (χ2v) is 25.5. The van der Waals surface area contributed by atoms with E-state index in [1.807, 2.05) is 0 Å². The molecule has 2 aliphatic carbocycles. The molecule has 13 aromatic carbocycles. The Morgan fingerprint density at radius 1 is 0.312 bits per heavy atom. The second-order valence-electron chi connectivity index (χ2n) is 21.8. The first kappa shape index (κ1) is 45.0. The largest absolute Gasteiger partial charge is 0.310 e. The smallest absolute Gasteiger partial charge is 0.180 e. The van der Waals surface area contributed by atoms with E-state index >= 15 is 0 Å². The Morgan fingerprint density at radius 2 is 0.863 bits per heavy atom. The first-order chi connectivity index (χ1) is 39.7. The summed E-state index contributed by atoms with van der Waals surface area (Å²) in [6, 6.07) is 115. The van der Waals surface area contributed by atoms with Crippen LogP contribution in [-0.2, 0) is 5.41 Å². The third-order valence-electron chi connectivity index (χ3n) is 18.1. The molecule has 2 heterocycles. The topological polar surface area (TPSA) is 8.17 Å². The van der Waals surface area contributed by atoms with E-state index < -0.39 is 13.5 Å². The average molecular weight is 1030 g/mol. The van der Waals surface area contributed by atoms with E-state index in [0.717, 1.165) is 22.7 Å². The molecule has 0 amide bonds. The Hall–Kier alpha value is -10.1. The van der Waals surface area contributed by atoms with Gasteiger partial charge in [-0.15, -0.1) is 0 Å². The maximum absolute atomic E-state index is 2.82. The minimum absolute atomic E-state index is 0.528. The van der Waals surface area contributed by atoms with Crippen molar-refractivity contribution >= 4 is 78.5 Å². The standard InChI is InChI=1S/C77H50N2Si/c1-5-22-51(23-6-1)52-40-43-55(44-41-52)78(71-38-21-37-68-76(71)62-34-16-19-36-67(62)77(68)66-35-18-15-33-61(66)75-59-31-14-13-24-53(59)42-46-69(75)77)56-45-47-70-63(48-56)64-50-74-65(49-72(64)79(70)54-25-7-2-8-26-54)60-32-17-20-39-73(60)80(74,57-27-9-3-10-28-57)58-29-11-4-12-30-58/h1-50H. The molecular weight excluding hydrogens is 981 g/mol. The van der Waals surface area contributed by atoms with Crippen LogP contribution in [0.1, 0.15) is 22.3 Å². The molecule has 3 heteroatoms. The van der Waals surface area contributed by atoms with Gasteiger partial charge in [0.05, 0.1) is 22.1 Å². The van der Waals surface area contributed by atoms with Crippen LogP contribution in [-0.4, -0.2) is 12.6 Å². The summed E-state index contributed by atoms with van der Waals surface area (Å²) in [6.07, 6.45) is 0. The Labute approximate surface area is 466 Å². The van der Waals surface area contributed by atoms with Gasteiger partial charge in [-0.1, -0.05) is 249 Å². The maximum Gasteiger partial charge on any atom is 0.180 e. The van der Waals surface area contributed by atoms with Gasteiger partial charge in [0.15, 0.2) is 8.07 Å². The number of hydrogen-bond acceptors (Lipinski definition) is 1. The minimum Gasteiger partial charge on any atom is -0.310 e. The molecule has 14 aromatic rings. The highest BCUT2D eigenvalue weighted by molar-refractivity contribution is 7.22. The lowest BCUT2D eigenvalue weighted by Gasteiger charge is -2.32. The summed E-state index contributed by atoms with van der Waals surface area (Å²) >= 11 is 0. The molecular formula is C77H50N2Si. The van der Waals surface area contributed by atoms with Gasteiger partial charge in [-0.25, -0.2) is 0 Å². The van der Waals surface area contributed by atoms with Crippen LogP contribution in [0.3, 0.4) is 0 Å². The maximum atomic E-state index is 2.61. The zero-order valence-electron chi connectivity index (χ0n) is 43.8. The highest BCUT2D eigenvalue weighted by atomic mass is 28.3. The number of hydrogen-bond donors (Lipinski definition) is 0. The molecule has 1 aromatic heterocycles. The van der Waals surface area contributed by atoms with E-state index in [1.165, 1.54) is 120 Å². The SMILES string of the molecule is c1ccc(-c2ccc(N(c3ccc4c(c3)c3cc5c(cc3n4-c3ccccc3)-c3ccccc3[Si]5(c3ccccc3)c3ccccc3)c3cccc4c3-c3ccccc3C43c4ccccc4-c4c3ccc3ccccc43)cc2)cc1. The molecule has 2 nitrogen and oxygen atoms in total. The quantitative estimate of drug-likeness (QED) is 0.144. The fourth-order valence-corrected chi connectivity index (χ4v) is 20.1. The third-order valence-corrected chi connectivity index (χ3v) is 22.9. The number of benzene rings is 13. The van der Waals surface area contributed by atoms with Gasteiger partial charge in [0.2, 0.25) is 0 Å². The van der Waals surface area contributed by atoms with Crippen LogP contribution in [0.25, 0.3) is 82.8 Å². The van der Waals surface area contributed by atoms with Crippen LogP contribution in [0.5, 0.6) is 0 Å². The van der Waals surface area contributed by atoms with Crippen LogP contribution in [0.2, 0.25) is 0 Å². The predicted molar refractivity (Wildman–Crippen MR) is 337 cm³/mol. The summed E-state index contributed by atoms with van der Waals surface area (Å²) < 4.78 is 2.50. The van der Waals surface area contributed by atoms with Gasteiger partial charge in [-0.3, -0.25) is 0 Å². The van der Waals surface area contributed by atoms with Crippen molar-refractivity contribution in [2.45, 2.75) is 5.41 Å². The first-order valence-electron chi connectivity index (χ1n) is 27.9. The van der Waals surface area contributed by atoms with Crippen LogP contribution >= 0.6 is 0 Å². The molecule has 0 fully saturated rings. The third kappa shape index (κ3) is 6.07. The van der Waals surface area contributed by atoms with E-state index in [4.69, 9.17) is 0 Å². The van der Waals surface area contributed by atoms with Crippen molar-refractivity contribution in [3.8, 4) is 50.2 Å². The summed E-state index contributed by atoms with van der Waals surface area (Å²) in [4.78, 5) is 2.55. The highest BCUT2D eigenvalue weighted by Gasteiger charge is 2.53. The summed E-state index contributed by atoms with van der Waals surface area (Å²) in [5.74, 6) is 0. The van der Waals surface area contributed by atoms with Gasteiger partial charge in [-0.05, 0) is 147 Å². The molecule has 1 atom stereocenters. The Morgan fingerprint density at radius 3 is 1.59 bits per heavy atom. The van der Waals surface area contributed by atoms with Crippen molar-refractivity contribution in [2.75, 3.05) is 4.90 Å².